The predicted octanol–water partition coefficient (Wildman–Crippen LogP) is 3.85. The molecule has 1 saturated heterocycles. The minimum absolute atomic E-state index is 0.139. The maximum absolute atomic E-state index is 13.4. The molecule has 182 valence electrons. The van der Waals surface area contributed by atoms with Crippen LogP contribution in [0.2, 0.25) is 0 Å². The molecule has 0 radical (unpaired) electrons. The summed E-state index contributed by atoms with van der Waals surface area (Å²) in [4.78, 5) is 11.4. The molecule has 2 fully saturated rings. The van der Waals surface area contributed by atoms with E-state index in [1.165, 1.54) is 51.3 Å². The van der Waals surface area contributed by atoms with Gasteiger partial charge in [-0.05, 0) is 51.8 Å². The third-order valence-electron chi connectivity index (χ3n) is 5.94. The van der Waals surface area contributed by atoms with Gasteiger partial charge in [-0.1, -0.05) is 25.8 Å². The Bertz CT molecular complexity index is 691. The van der Waals surface area contributed by atoms with Crippen LogP contribution in [0.5, 0.6) is 5.75 Å². The third kappa shape index (κ3) is 10.6. The molecule has 1 saturated carbocycles. The second kappa shape index (κ2) is 15.0. The van der Waals surface area contributed by atoms with Crippen LogP contribution >= 0.6 is 0 Å². The standard InChI is InChI=1S/C16H22FNO.C7H15NO.C2H5NO/c1-12(18-11-13-6-4-3-5-7-13)14-8-15(17)10-16(9-14)19-2;1-7(2)6-9-5-4-8(7)3;3-1-2-4/h8-10,13,18H,1,3-7,11H2,2H3;4-6H2,1-3H3;2H,1,3H2. The van der Waals surface area contributed by atoms with Crippen LogP contribution in [0.3, 0.4) is 0 Å². The van der Waals surface area contributed by atoms with Gasteiger partial charge in [0.2, 0.25) is 0 Å². The summed E-state index contributed by atoms with van der Waals surface area (Å²) >= 11 is 0. The largest absolute Gasteiger partial charge is 0.497 e. The van der Waals surface area contributed by atoms with Crippen molar-refractivity contribution in [2.24, 2.45) is 11.7 Å². The van der Waals surface area contributed by atoms with E-state index in [9.17, 15) is 4.39 Å². The zero-order valence-electron chi connectivity index (χ0n) is 20.3. The first-order chi connectivity index (χ1) is 15.2. The molecule has 1 aromatic rings. The molecule has 7 heteroatoms. The monoisotopic (exact) mass is 451 g/mol. The first-order valence-electron chi connectivity index (χ1n) is 11.4. The normalized spacial score (nSPS) is 18.3. The number of nitrogens with one attached hydrogen (secondary N) is 1. The minimum Gasteiger partial charge on any atom is -0.497 e. The van der Waals surface area contributed by atoms with Gasteiger partial charge in [0.05, 0.1) is 20.3 Å². The van der Waals surface area contributed by atoms with Gasteiger partial charge in [0.25, 0.3) is 0 Å². The summed E-state index contributed by atoms with van der Waals surface area (Å²) in [6.45, 7) is 12.3. The fourth-order valence-corrected chi connectivity index (χ4v) is 3.55. The van der Waals surface area contributed by atoms with Gasteiger partial charge in [-0.2, -0.15) is 0 Å². The highest BCUT2D eigenvalue weighted by Gasteiger charge is 2.26. The number of nitrogens with zero attached hydrogens (tertiary/aromatic N) is 1. The summed E-state index contributed by atoms with van der Waals surface area (Å²) in [7, 11) is 3.68. The predicted molar refractivity (Wildman–Crippen MR) is 129 cm³/mol. The Morgan fingerprint density at radius 1 is 1.34 bits per heavy atom. The molecule has 32 heavy (non-hydrogen) atoms. The van der Waals surface area contributed by atoms with Crippen LogP contribution < -0.4 is 15.8 Å². The Labute approximate surface area is 193 Å². The summed E-state index contributed by atoms with van der Waals surface area (Å²) in [5.74, 6) is 0.950. The van der Waals surface area contributed by atoms with Crippen LogP contribution in [0.25, 0.3) is 5.70 Å². The Hall–Kier alpha value is -1.96. The summed E-state index contributed by atoms with van der Waals surface area (Å²) in [6.07, 6.45) is 7.23. The molecule has 1 aromatic carbocycles. The summed E-state index contributed by atoms with van der Waals surface area (Å²) < 4.78 is 23.8. The van der Waals surface area contributed by atoms with Crippen LogP contribution in [-0.2, 0) is 9.53 Å². The van der Waals surface area contributed by atoms with E-state index in [1.807, 2.05) is 0 Å². The number of morpholine rings is 1. The molecule has 1 aliphatic carbocycles. The van der Waals surface area contributed by atoms with E-state index in [4.69, 9.17) is 14.3 Å². The number of benzene rings is 1. The molecule has 0 spiro atoms. The van der Waals surface area contributed by atoms with Crippen molar-refractivity contribution >= 4 is 12.0 Å². The average Bonchev–Trinajstić information content (AvgIpc) is 2.80. The maximum atomic E-state index is 13.4. The highest BCUT2D eigenvalue weighted by molar-refractivity contribution is 5.63. The molecule has 1 aliphatic heterocycles. The van der Waals surface area contributed by atoms with E-state index >= 15 is 0 Å². The van der Waals surface area contributed by atoms with Crippen LogP contribution in [0, 0.1) is 11.7 Å². The summed E-state index contributed by atoms with van der Waals surface area (Å²) in [5.41, 5.74) is 6.43. The lowest BCUT2D eigenvalue weighted by Gasteiger charge is -2.39. The van der Waals surface area contributed by atoms with Gasteiger partial charge in [-0.15, -0.1) is 0 Å². The summed E-state index contributed by atoms with van der Waals surface area (Å²) in [6, 6.07) is 4.66. The van der Waals surface area contributed by atoms with E-state index in [0.29, 0.717) is 12.0 Å². The van der Waals surface area contributed by atoms with Crippen molar-refractivity contribution in [2.45, 2.75) is 51.5 Å². The number of carbonyl (C=O) groups excluding carboxylic acids is 1. The van der Waals surface area contributed by atoms with Crippen molar-refractivity contribution < 1.29 is 18.7 Å². The van der Waals surface area contributed by atoms with Crippen molar-refractivity contribution in [3.8, 4) is 5.75 Å². The molecule has 6 nitrogen and oxygen atoms in total. The van der Waals surface area contributed by atoms with Crippen molar-refractivity contribution in [1.82, 2.24) is 10.2 Å². The number of hydrogen-bond donors (Lipinski definition) is 2. The molecular formula is C25H42FN3O3. The van der Waals surface area contributed by atoms with Gasteiger partial charge in [0.15, 0.2) is 0 Å². The number of hydrogen-bond acceptors (Lipinski definition) is 6. The molecule has 0 aromatic heterocycles. The molecule has 0 unspecified atom stereocenters. The molecular weight excluding hydrogens is 409 g/mol. The van der Waals surface area contributed by atoms with Crippen LogP contribution in [-0.4, -0.2) is 63.7 Å². The average molecular weight is 452 g/mol. The molecule has 3 N–H and O–H groups in total. The lowest BCUT2D eigenvalue weighted by atomic mass is 9.89. The number of halogens is 1. The molecule has 2 aliphatic rings. The highest BCUT2D eigenvalue weighted by Crippen LogP contribution is 2.24. The zero-order chi connectivity index (χ0) is 24.0. The molecule has 0 amide bonds. The second-order valence-corrected chi connectivity index (χ2v) is 8.93. The van der Waals surface area contributed by atoms with Gasteiger partial charge >= 0.3 is 0 Å². The Morgan fingerprint density at radius 2 is 2.00 bits per heavy atom. The van der Waals surface area contributed by atoms with Gasteiger partial charge in [0, 0.05) is 42.5 Å². The second-order valence-electron chi connectivity index (χ2n) is 8.93. The lowest BCUT2D eigenvalue weighted by molar-refractivity contribution is -0.106. The Morgan fingerprint density at radius 3 is 2.50 bits per heavy atom. The van der Waals surface area contributed by atoms with Crippen molar-refractivity contribution in [3.63, 3.8) is 0 Å². The SMILES string of the molecule is C=C(NCC1CCCCC1)c1cc(F)cc(OC)c1.CN1CCOCC1(C)C.NCC=O. The third-order valence-corrected chi connectivity index (χ3v) is 5.94. The number of methoxy groups -OCH3 is 1. The fourth-order valence-electron chi connectivity index (χ4n) is 3.55. The minimum atomic E-state index is -0.296. The lowest BCUT2D eigenvalue weighted by Crippen LogP contribution is -2.50. The number of ether oxygens (including phenoxy) is 2. The van der Waals surface area contributed by atoms with E-state index < -0.39 is 0 Å². The van der Waals surface area contributed by atoms with Gasteiger partial charge in [0.1, 0.15) is 17.9 Å². The van der Waals surface area contributed by atoms with E-state index in [1.54, 1.807) is 6.07 Å². The smallest absolute Gasteiger partial charge is 0.133 e. The number of nitrogens with two attached hydrogens (primary N) is 1. The quantitative estimate of drug-likeness (QED) is 0.640. The summed E-state index contributed by atoms with van der Waals surface area (Å²) in [5, 5.41) is 3.33. The van der Waals surface area contributed by atoms with Gasteiger partial charge in [-0.3, -0.25) is 4.90 Å². The molecule has 3 rings (SSSR count). The first kappa shape index (κ1) is 28.1. The van der Waals surface area contributed by atoms with Gasteiger partial charge < -0.3 is 25.3 Å². The maximum Gasteiger partial charge on any atom is 0.133 e. The number of rotatable bonds is 6. The number of likely N-dealkylation sites (N-methyl/N-ethyl adjacent to an activating group) is 1. The Kier molecular flexibility index (Phi) is 13.1. The molecule has 0 atom stereocenters. The molecule has 1 heterocycles. The van der Waals surface area contributed by atoms with Crippen molar-refractivity contribution in [3.05, 3.63) is 36.2 Å². The van der Waals surface area contributed by atoms with E-state index in [0.717, 1.165) is 43.5 Å². The topological polar surface area (TPSA) is 76.8 Å². The van der Waals surface area contributed by atoms with Crippen LogP contribution in [0.15, 0.2) is 24.8 Å². The van der Waals surface area contributed by atoms with Crippen molar-refractivity contribution in [1.29, 1.82) is 0 Å². The van der Waals surface area contributed by atoms with Crippen LogP contribution in [0.1, 0.15) is 51.5 Å². The number of aldehydes is 1. The van der Waals surface area contributed by atoms with Crippen molar-refractivity contribution in [2.75, 3.05) is 47.0 Å². The molecule has 0 bridgehead atoms. The Balaban J connectivity index is 0.000000326. The van der Waals surface area contributed by atoms with Crippen LogP contribution in [0.4, 0.5) is 4.39 Å². The number of carbonyl (C=O) groups is 1. The zero-order valence-corrected chi connectivity index (χ0v) is 20.3. The van der Waals surface area contributed by atoms with Gasteiger partial charge in [-0.25, -0.2) is 4.39 Å². The highest BCUT2D eigenvalue weighted by atomic mass is 19.1. The first-order valence-corrected chi connectivity index (χ1v) is 11.4. The fraction of sp³-hybridized carbons (Fsp3) is 0.640. The van der Waals surface area contributed by atoms with E-state index in [-0.39, 0.29) is 17.9 Å². The van der Waals surface area contributed by atoms with E-state index in [2.05, 4.69) is 43.4 Å².